The summed E-state index contributed by atoms with van der Waals surface area (Å²) in [5, 5.41) is 0. The summed E-state index contributed by atoms with van der Waals surface area (Å²) in [5.41, 5.74) is 8.12. The Morgan fingerprint density at radius 3 is 2.50 bits per heavy atom. The first kappa shape index (κ1) is 12.9. The number of hydrogen-bond acceptors (Lipinski definition) is 3. The number of pyridine rings is 1. The highest BCUT2D eigenvalue weighted by molar-refractivity contribution is 9.10. The normalized spacial score (nSPS) is 10.3. The van der Waals surface area contributed by atoms with E-state index in [1.165, 1.54) is 11.1 Å². The van der Waals surface area contributed by atoms with Gasteiger partial charge >= 0.3 is 0 Å². The SMILES string of the molecule is COc1ccc(CCc2ccnc(N)c2)cc1Br. The summed E-state index contributed by atoms with van der Waals surface area (Å²) < 4.78 is 6.19. The van der Waals surface area contributed by atoms with Gasteiger partial charge in [-0.3, -0.25) is 0 Å². The van der Waals surface area contributed by atoms with Crippen molar-refractivity contribution in [2.45, 2.75) is 12.8 Å². The predicted molar refractivity (Wildman–Crippen MR) is 76.8 cm³/mol. The lowest BCUT2D eigenvalue weighted by atomic mass is 10.1. The molecule has 0 saturated carbocycles. The molecule has 0 bridgehead atoms. The first-order valence-electron chi connectivity index (χ1n) is 5.72. The van der Waals surface area contributed by atoms with Gasteiger partial charge in [-0.25, -0.2) is 4.98 Å². The van der Waals surface area contributed by atoms with Crippen LogP contribution in [0.25, 0.3) is 0 Å². The van der Waals surface area contributed by atoms with E-state index in [-0.39, 0.29) is 0 Å². The number of aryl methyl sites for hydroxylation is 2. The third kappa shape index (κ3) is 3.23. The van der Waals surface area contributed by atoms with Crippen LogP contribution in [0.15, 0.2) is 41.0 Å². The minimum atomic E-state index is 0.573. The van der Waals surface area contributed by atoms with E-state index in [1.54, 1.807) is 13.3 Å². The summed E-state index contributed by atoms with van der Waals surface area (Å²) in [5.74, 6) is 1.43. The van der Waals surface area contributed by atoms with Gasteiger partial charge in [0.05, 0.1) is 11.6 Å². The smallest absolute Gasteiger partial charge is 0.133 e. The van der Waals surface area contributed by atoms with E-state index >= 15 is 0 Å². The molecule has 1 heterocycles. The first-order valence-corrected chi connectivity index (χ1v) is 6.51. The van der Waals surface area contributed by atoms with Crippen LogP contribution in [-0.2, 0) is 12.8 Å². The summed E-state index contributed by atoms with van der Waals surface area (Å²) in [6, 6.07) is 10.0. The van der Waals surface area contributed by atoms with Crippen LogP contribution >= 0.6 is 15.9 Å². The molecule has 2 aromatic rings. The van der Waals surface area contributed by atoms with Crippen molar-refractivity contribution in [3.05, 3.63) is 52.1 Å². The first-order chi connectivity index (χ1) is 8.69. The number of aromatic nitrogens is 1. The molecule has 0 spiro atoms. The van der Waals surface area contributed by atoms with Crippen molar-refractivity contribution >= 4 is 21.7 Å². The van der Waals surface area contributed by atoms with Gasteiger partial charge in [0.25, 0.3) is 0 Å². The molecular formula is C14H15BrN2O. The number of nitrogens with zero attached hydrogens (tertiary/aromatic N) is 1. The molecule has 0 amide bonds. The molecular weight excluding hydrogens is 292 g/mol. The standard InChI is InChI=1S/C14H15BrN2O/c1-18-13-5-4-10(8-12(13)15)2-3-11-6-7-17-14(16)9-11/h4-9H,2-3H2,1H3,(H2,16,17). The third-order valence-electron chi connectivity index (χ3n) is 2.76. The Labute approximate surface area is 115 Å². The quantitative estimate of drug-likeness (QED) is 0.943. The van der Waals surface area contributed by atoms with Crippen molar-refractivity contribution in [1.29, 1.82) is 0 Å². The largest absolute Gasteiger partial charge is 0.496 e. The van der Waals surface area contributed by atoms with E-state index in [4.69, 9.17) is 10.5 Å². The van der Waals surface area contributed by atoms with Crippen LogP contribution < -0.4 is 10.5 Å². The lowest BCUT2D eigenvalue weighted by Crippen LogP contribution is -1.95. The van der Waals surface area contributed by atoms with Gasteiger partial charge in [-0.15, -0.1) is 0 Å². The Bertz CT molecular complexity index is 543. The fourth-order valence-corrected chi connectivity index (χ4v) is 2.39. The Kier molecular flexibility index (Phi) is 4.20. The molecule has 18 heavy (non-hydrogen) atoms. The average Bonchev–Trinajstić information content (AvgIpc) is 2.37. The molecule has 3 nitrogen and oxygen atoms in total. The second-order valence-corrected chi connectivity index (χ2v) is 4.91. The van der Waals surface area contributed by atoms with Crippen molar-refractivity contribution in [3.63, 3.8) is 0 Å². The number of anilines is 1. The average molecular weight is 307 g/mol. The summed E-state index contributed by atoms with van der Waals surface area (Å²) in [6.45, 7) is 0. The molecule has 2 N–H and O–H groups in total. The van der Waals surface area contributed by atoms with Crippen molar-refractivity contribution in [1.82, 2.24) is 4.98 Å². The molecule has 0 atom stereocenters. The Hall–Kier alpha value is -1.55. The second kappa shape index (κ2) is 5.87. The van der Waals surface area contributed by atoms with E-state index in [1.807, 2.05) is 18.2 Å². The Morgan fingerprint density at radius 1 is 1.17 bits per heavy atom. The number of halogens is 1. The molecule has 0 fully saturated rings. The van der Waals surface area contributed by atoms with Gasteiger partial charge in [0, 0.05) is 6.20 Å². The maximum absolute atomic E-state index is 5.65. The summed E-state index contributed by atoms with van der Waals surface area (Å²) in [6.07, 6.45) is 3.66. The minimum Gasteiger partial charge on any atom is -0.496 e. The van der Waals surface area contributed by atoms with E-state index in [9.17, 15) is 0 Å². The molecule has 0 aliphatic heterocycles. The zero-order valence-corrected chi connectivity index (χ0v) is 11.8. The van der Waals surface area contributed by atoms with Crippen molar-refractivity contribution in [3.8, 4) is 5.75 Å². The lowest BCUT2D eigenvalue weighted by molar-refractivity contribution is 0.412. The van der Waals surface area contributed by atoms with Crippen LogP contribution in [0.4, 0.5) is 5.82 Å². The van der Waals surface area contributed by atoms with Gasteiger partial charge in [-0.2, -0.15) is 0 Å². The zero-order valence-electron chi connectivity index (χ0n) is 10.2. The van der Waals surface area contributed by atoms with Crippen LogP contribution in [0.2, 0.25) is 0 Å². The van der Waals surface area contributed by atoms with Crippen molar-refractivity contribution in [2.24, 2.45) is 0 Å². The number of benzene rings is 1. The van der Waals surface area contributed by atoms with E-state index < -0.39 is 0 Å². The number of nitrogen functional groups attached to an aromatic ring is 1. The van der Waals surface area contributed by atoms with Crippen LogP contribution in [0.1, 0.15) is 11.1 Å². The van der Waals surface area contributed by atoms with Crippen molar-refractivity contribution in [2.75, 3.05) is 12.8 Å². The Morgan fingerprint density at radius 2 is 1.89 bits per heavy atom. The number of methoxy groups -OCH3 is 1. The molecule has 2 rings (SSSR count). The molecule has 0 aliphatic rings. The Balaban J connectivity index is 2.04. The summed E-state index contributed by atoms with van der Waals surface area (Å²) >= 11 is 3.49. The molecule has 0 saturated heterocycles. The molecule has 94 valence electrons. The fourth-order valence-electron chi connectivity index (χ4n) is 1.80. The van der Waals surface area contributed by atoms with Crippen LogP contribution in [0.5, 0.6) is 5.75 Å². The molecule has 1 aromatic heterocycles. The number of nitrogens with two attached hydrogens (primary N) is 1. The van der Waals surface area contributed by atoms with Crippen molar-refractivity contribution < 1.29 is 4.74 Å². The van der Waals surface area contributed by atoms with Gasteiger partial charge in [0.2, 0.25) is 0 Å². The van der Waals surface area contributed by atoms with Gasteiger partial charge in [-0.05, 0) is 64.2 Å². The maximum Gasteiger partial charge on any atom is 0.133 e. The molecule has 0 radical (unpaired) electrons. The third-order valence-corrected chi connectivity index (χ3v) is 3.38. The van der Waals surface area contributed by atoms with Crippen LogP contribution in [0, 0.1) is 0 Å². The predicted octanol–water partition coefficient (Wildman–Crippen LogP) is 3.22. The maximum atomic E-state index is 5.65. The van der Waals surface area contributed by atoms with Gasteiger partial charge in [0.15, 0.2) is 0 Å². The van der Waals surface area contributed by atoms with E-state index in [0.717, 1.165) is 23.1 Å². The molecule has 4 heteroatoms. The second-order valence-electron chi connectivity index (χ2n) is 4.06. The summed E-state index contributed by atoms with van der Waals surface area (Å²) in [7, 11) is 1.67. The molecule has 1 aromatic carbocycles. The monoisotopic (exact) mass is 306 g/mol. The molecule has 0 unspecified atom stereocenters. The highest BCUT2D eigenvalue weighted by Crippen LogP contribution is 2.26. The van der Waals surface area contributed by atoms with Gasteiger partial charge in [-0.1, -0.05) is 6.07 Å². The number of rotatable bonds is 4. The van der Waals surface area contributed by atoms with Gasteiger partial charge < -0.3 is 10.5 Å². The summed E-state index contributed by atoms with van der Waals surface area (Å²) in [4.78, 5) is 3.99. The van der Waals surface area contributed by atoms with Crippen LogP contribution in [0.3, 0.4) is 0 Å². The number of ether oxygens (including phenoxy) is 1. The topological polar surface area (TPSA) is 48.1 Å². The highest BCUT2D eigenvalue weighted by atomic mass is 79.9. The van der Waals surface area contributed by atoms with Crippen LogP contribution in [-0.4, -0.2) is 12.1 Å². The minimum absolute atomic E-state index is 0.573. The molecule has 0 aliphatic carbocycles. The number of hydrogen-bond donors (Lipinski definition) is 1. The highest BCUT2D eigenvalue weighted by Gasteiger charge is 2.02. The fraction of sp³-hybridized carbons (Fsp3) is 0.214. The zero-order chi connectivity index (χ0) is 13.0. The van der Waals surface area contributed by atoms with Gasteiger partial charge in [0.1, 0.15) is 11.6 Å². The van der Waals surface area contributed by atoms with E-state index in [0.29, 0.717) is 5.82 Å². The lowest BCUT2D eigenvalue weighted by Gasteiger charge is -2.06. The van der Waals surface area contributed by atoms with E-state index in [2.05, 4.69) is 33.0 Å².